The van der Waals surface area contributed by atoms with Gasteiger partial charge in [0.25, 0.3) is 0 Å². The molecular weight excluding hydrogens is 300 g/mol. The van der Waals surface area contributed by atoms with Gasteiger partial charge in [-0.2, -0.15) is 0 Å². The first-order valence-corrected chi connectivity index (χ1v) is 8.02. The number of amides is 1. The van der Waals surface area contributed by atoms with Gasteiger partial charge in [-0.05, 0) is 32.6 Å². The fourth-order valence-electron chi connectivity index (χ4n) is 2.68. The molecule has 0 spiro atoms. The summed E-state index contributed by atoms with van der Waals surface area (Å²) < 4.78 is 0. The van der Waals surface area contributed by atoms with E-state index in [-0.39, 0.29) is 11.9 Å². The first-order chi connectivity index (χ1) is 11.4. The maximum absolute atomic E-state index is 12.7. The minimum absolute atomic E-state index is 0.0163. The minimum Gasteiger partial charge on any atom is -0.362 e. The van der Waals surface area contributed by atoms with Crippen molar-refractivity contribution in [3.63, 3.8) is 0 Å². The molecule has 1 aromatic carbocycles. The number of benzene rings is 1. The van der Waals surface area contributed by atoms with Gasteiger partial charge in [-0.15, -0.1) is 0 Å². The summed E-state index contributed by atoms with van der Waals surface area (Å²) >= 11 is 0. The standard InChI is InChI=1S/C19H26N4O/c1-14-8-10-15(11-9-14)17(22(2)3)19(24)21-13-16-7-6-12-20-18(16)23(4)5/h6-12,17H,13H2,1-5H3,(H,21,24). The number of pyridine rings is 1. The van der Waals surface area contributed by atoms with Gasteiger partial charge >= 0.3 is 0 Å². The predicted molar refractivity (Wildman–Crippen MR) is 98.0 cm³/mol. The van der Waals surface area contributed by atoms with Crippen LogP contribution >= 0.6 is 0 Å². The second-order valence-electron chi connectivity index (χ2n) is 6.38. The second-order valence-corrected chi connectivity index (χ2v) is 6.38. The van der Waals surface area contributed by atoms with Gasteiger partial charge in [-0.1, -0.05) is 35.9 Å². The fraction of sp³-hybridized carbons (Fsp3) is 0.368. The van der Waals surface area contributed by atoms with Gasteiger partial charge in [-0.3, -0.25) is 9.69 Å². The fourth-order valence-corrected chi connectivity index (χ4v) is 2.68. The number of hydrogen-bond donors (Lipinski definition) is 1. The lowest BCUT2D eigenvalue weighted by Crippen LogP contribution is -2.37. The summed E-state index contributed by atoms with van der Waals surface area (Å²) in [7, 11) is 7.73. The molecular formula is C19H26N4O. The Morgan fingerprint density at radius 1 is 1.12 bits per heavy atom. The maximum Gasteiger partial charge on any atom is 0.242 e. The normalized spacial score (nSPS) is 12.1. The number of carbonyl (C=O) groups excluding carboxylic acids is 1. The van der Waals surface area contributed by atoms with Crippen LogP contribution in [-0.2, 0) is 11.3 Å². The summed E-state index contributed by atoms with van der Waals surface area (Å²) in [5.41, 5.74) is 3.17. The molecule has 1 aromatic heterocycles. The molecule has 0 aliphatic rings. The molecule has 2 rings (SSSR count). The van der Waals surface area contributed by atoms with Crippen molar-refractivity contribution in [2.45, 2.75) is 19.5 Å². The van der Waals surface area contributed by atoms with Crippen LogP contribution in [0.15, 0.2) is 42.6 Å². The Morgan fingerprint density at radius 2 is 1.79 bits per heavy atom. The molecule has 5 nitrogen and oxygen atoms in total. The highest BCUT2D eigenvalue weighted by atomic mass is 16.2. The lowest BCUT2D eigenvalue weighted by atomic mass is 10.0. The van der Waals surface area contributed by atoms with Crippen molar-refractivity contribution in [1.82, 2.24) is 15.2 Å². The van der Waals surface area contributed by atoms with Crippen molar-refractivity contribution >= 4 is 11.7 Å². The van der Waals surface area contributed by atoms with Gasteiger partial charge in [0, 0.05) is 32.4 Å². The number of likely N-dealkylation sites (N-methyl/N-ethyl adjacent to an activating group) is 1. The number of nitrogens with one attached hydrogen (secondary N) is 1. The van der Waals surface area contributed by atoms with Crippen LogP contribution in [0.5, 0.6) is 0 Å². The SMILES string of the molecule is Cc1ccc(C(C(=O)NCc2cccnc2N(C)C)N(C)C)cc1. The highest BCUT2D eigenvalue weighted by molar-refractivity contribution is 5.83. The number of nitrogens with zero attached hydrogens (tertiary/aromatic N) is 3. The van der Waals surface area contributed by atoms with Gasteiger partial charge < -0.3 is 10.2 Å². The Labute approximate surface area is 144 Å². The van der Waals surface area contributed by atoms with Crippen LogP contribution in [0.1, 0.15) is 22.7 Å². The monoisotopic (exact) mass is 326 g/mol. The van der Waals surface area contributed by atoms with E-state index in [0.717, 1.165) is 16.9 Å². The quantitative estimate of drug-likeness (QED) is 0.885. The summed E-state index contributed by atoms with van der Waals surface area (Å²) in [5.74, 6) is 0.854. The highest BCUT2D eigenvalue weighted by Crippen LogP contribution is 2.20. The Balaban J connectivity index is 2.13. The van der Waals surface area contributed by atoms with Crippen molar-refractivity contribution < 1.29 is 4.79 Å². The number of carbonyl (C=O) groups is 1. The predicted octanol–water partition coefficient (Wildman–Crippen LogP) is 2.38. The largest absolute Gasteiger partial charge is 0.362 e. The minimum atomic E-state index is -0.315. The summed E-state index contributed by atoms with van der Waals surface area (Å²) in [5, 5.41) is 3.04. The van der Waals surface area contributed by atoms with Crippen LogP contribution in [0.2, 0.25) is 0 Å². The average Bonchev–Trinajstić information content (AvgIpc) is 2.55. The lowest BCUT2D eigenvalue weighted by Gasteiger charge is -2.24. The van der Waals surface area contributed by atoms with Crippen LogP contribution in [0.3, 0.4) is 0 Å². The number of hydrogen-bond acceptors (Lipinski definition) is 4. The van der Waals surface area contributed by atoms with Crippen LogP contribution < -0.4 is 10.2 Å². The molecule has 0 aliphatic heterocycles. The molecule has 5 heteroatoms. The van der Waals surface area contributed by atoms with E-state index in [1.54, 1.807) is 6.20 Å². The first kappa shape index (κ1) is 17.9. The van der Waals surface area contributed by atoms with E-state index in [1.807, 2.05) is 81.3 Å². The Kier molecular flexibility index (Phi) is 5.93. The Bertz CT molecular complexity index is 680. The smallest absolute Gasteiger partial charge is 0.242 e. The van der Waals surface area contributed by atoms with Crippen molar-refractivity contribution in [3.05, 3.63) is 59.3 Å². The van der Waals surface area contributed by atoms with E-state index < -0.39 is 0 Å². The number of rotatable bonds is 6. The van der Waals surface area contributed by atoms with E-state index >= 15 is 0 Å². The third-order valence-corrected chi connectivity index (χ3v) is 3.90. The van der Waals surface area contributed by atoms with E-state index in [1.165, 1.54) is 5.56 Å². The molecule has 0 bridgehead atoms. The molecule has 2 aromatic rings. The second kappa shape index (κ2) is 7.93. The number of aromatic nitrogens is 1. The molecule has 0 radical (unpaired) electrons. The van der Waals surface area contributed by atoms with Gasteiger partial charge in [0.1, 0.15) is 11.9 Å². The molecule has 1 unspecified atom stereocenters. The molecule has 128 valence electrons. The van der Waals surface area contributed by atoms with Gasteiger partial charge in [0.15, 0.2) is 0 Å². The summed E-state index contributed by atoms with van der Waals surface area (Å²) in [6.45, 7) is 2.50. The molecule has 24 heavy (non-hydrogen) atoms. The summed E-state index contributed by atoms with van der Waals surface area (Å²) in [6.07, 6.45) is 1.76. The molecule has 1 heterocycles. The molecule has 0 aliphatic carbocycles. The van der Waals surface area contributed by atoms with Crippen molar-refractivity contribution in [2.75, 3.05) is 33.1 Å². The zero-order chi connectivity index (χ0) is 17.7. The van der Waals surface area contributed by atoms with Crippen LogP contribution in [0.25, 0.3) is 0 Å². The van der Waals surface area contributed by atoms with E-state index in [4.69, 9.17) is 0 Å². The number of anilines is 1. The zero-order valence-electron chi connectivity index (χ0n) is 15.1. The zero-order valence-corrected chi connectivity index (χ0v) is 15.1. The first-order valence-electron chi connectivity index (χ1n) is 8.02. The van der Waals surface area contributed by atoms with E-state index in [0.29, 0.717) is 6.54 Å². The van der Waals surface area contributed by atoms with Gasteiger partial charge in [0.05, 0.1) is 0 Å². The molecule has 1 N–H and O–H groups in total. The van der Waals surface area contributed by atoms with Crippen molar-refractivity contribution in [1.29, 1.82) is 0 Å². The average molecular weight is 326 g/mol. The molecule has 0 saturated heterocycles. The van der Waals surface area contributed by atoms with Crippen LogP contribution in [-0.4, -0.2) is 44.0 Å². The van der Waals surface area contributed by atoms with E-state index in [2.05, 4.69) is 10.3 Å². The molecule has 1 atom stereocenters. The van der Waals surface area contributed by atoms with Gasteiger partial charge in [-0.25, -0.2) is 4.98 Å². The van der Waals surface area contributed by atoms with Crippen molar-refractivity contribution in [2.24, 2.45) is 0 Å². The third kappa shape index (κ3) is 4.32. The third-order valence-electron chi connectivity index (χ3n) is 3.90. The molecule has 0 fully saturated rings. The number of aryl methyl sites for hydroxylation is 1. The Morgan fingerprint density at radius 3 is 2.38 bits per heavy atom. The maximum atomic E-state index is 12.7. The molecule has 0 saturated carbocycles. The van der Waals surface area contributed by atoms with Crippen LogP contribution in [0, 0.1) is 6.92 Å². The van der Waals surface area contributed by atoms with Gasteiger partial charge in [0.2, 0.25) is 5.91 Å². The van der Waals surface area contributed by atoms with Crippen molar-refractivity contribution in [3.8, 4) is 0 Å². The summed E-state index contributed by atoms with van der Waals surface area (Å²) in [6, 6.07) is 11.6. The van der Waals surface area contributed by atoms with Crippen LogP contribution in [0.4, 0.5) is 5.82 Å². The lowest BCUT2D eigenvalue weighted by molar-refractivity contribution is -0.125. The van der Waals surface area contributed by atoms with E-state index in [9.17, 15) is 4.79 Å². The Hall–Kier alpha value is -2.40. The summed E-state index contributed by atoms with van der Waals surface area (Å²) in [4.78, 5) is 21.0. The molecule has 1 amide bonds. The highest BCUT2D eigenvalue weighted by Gasteiger charge is 2.22. The topological polar surface area (TPSA) is 48.5 Å².